The van der Waals surface area contributed by atoms with Crippen molar-refractivity contribution < 1.29 is 19.0 Å². The molecule has 0 bridgehead atoms. The molecule has 3 rings (SSSR count). The molecule has 2 unspecified atom stereocenters. The van der Waals surface area contributed by atoms with Crippen molar-refractivity contribution in [1.82, 2.24) is 10.3 Å². The molecule has 0 aliphatic rings. The highest BCUT2D eigenvalue weighted by Gasteiger charge is 2.20. The van der Waals surface area contributed by atoms with E-state index in [0.717, 1.165) is 5.56 Å². The van der Waals surface area contributed by atoms with Crippen molar-refractivity contribution in [2.75, 3.05) is 12.3 Å². The quantitative estimate of drug-likeness (QED) is 0.365. The highest BCUT2D eigenvalue weighted by molar-refractivity contribution is 6.36. The fraction of sp³-hybridized carbons (Fsp3) is 0.250. The summed E-state index contributed by atoms with van der Waals surface area (Å²) in [6, 6.07) is 11.3. The topological polar surface area (TPSA) is 97.5 Å². The van der Waals surface area contributed by atoms with Crippen LogP contribution in [-0.2, 0) is 0 Å². The zero-order valence-corrected chi connectivity index (χ0v) is 19.6. The third kappa shape index (κ3) is 6.13. The van der Waals surface area contributed by atoms with Gasteiger partial charge in [-0.05, 0) is 56.2 Å². The number of amides is 1. The van der Waals surface area contributed by atoms with Gasteiger partial charge < -0.3 is 20.9 Å². The second-order valence-corrected chi connectivity index (χ2v) is 8.38. The van der Waals surface area contributed by atoms with Gasteiger partial charge in [0, 0.05) is 34.5 Å². The number of benzene rings is 2. The number of nitrogens with zero attached hydrogens (tertiary/aromatic N) is 1. The molecule has 0 aliphatic heterocycles. The van der Waals surface area contributed by atoms with E-state index in [1.807, 2.05) is 0 Å². The molecule has 6 nitrogen and oxygen atoms in total. The van der Waals surface area contributed by atoms with Crippen molar-refractivity contribution in [3.8, 4) is 16.9 Å². The van der Waals surface area contributed by atoms with Crippen LogP contribution in [0.4, 0.5) is 10.2 Å². The summed E-state index contributed by atoms with van der Waals surface area (Å²) < 4.78 is 19.8. The monoisotopic (exact) mass is 491 g/mol. The molecule has 9 heteroatoms. The number of hydrogen-bond acceptors (Lipinski definition) is 5. The van der Waals surface area contributed by atoms with Gasteiger partial charge in [-0.1, -0.05) is 35.3 Å². The first kappa shape index (κ1) is 24.8. The number of hydrogen-bond donors (Lipinski definition) is 3. The van der Waals surface area contributed by atoms with Crippen molar-refractivity contribution in [1.29, 1.82) is 0 Å². The fourth-order valence-electron chi connectivity index (χ4n) is 3.18. The van der Waals surface area contributed by atoms with Crippen molar-refractivity contribution in [2.24, 2.45) is 0 Å². The number of anilines is 1. The average molecular weight is 492 g/mol. The van der Waals surface area contributed by atoms with Crippen molar-refractivity contribution in [3.05, 3.63) is 75.7 Å². The Bertz CT molecular complexity index is 1140. The number of ether oxygens (including phenoxy) is 1. The number of nitrogens with one attached hydrogen (secondary N) is 1. The second kappa shape index (κ2) is 10.8. The van der Waals surface area contributed by atoms with Crippen molar-refractivity contribution in [2.45, 2.75) is 32.5 Å². The van der Waals surface area contributed by atoms with Crippen molar-refractivity contribution >= 4 is 34.9 Å². The molecule has 0 saturated carbocycles. The van der Waals surface area contributed by atoms with Gasteiger partial charge in [0.2, 0.25) is 0 Å². The molecule has 1 amide bonds. The number of rotatable bonds is 8. The summed E-state index contributed by atoms with van der Waals surface area (Å²) in [4.78, 5) is 16.4. The molecule has 0 saturated heterocycles. The molecule has 3 aromatic rings. The van der Waals surface area contributed by atoms with Crippen LogP contribution in [0.25, 0.3) is 11.1 Å². The SMILES string of the molecule is CC(O)CCNC(=O)c1ccc(-c2cnc(N)c(OC(C)c3c(Cl)ccc(F)c3Cl)c2)cc1. The number of aliphatic hydroxyl groups is 1. The summed E-state index contributed by atoms with van der Waals surface area (Å²) in [5.41, 5.74) is 8.30. The van der Waals surface area contributed by atoms with Crippen LogP contribution in [0, 0.1) is 5.82 Å². The Morgan fingerprint density at radius 3 is 2.55 bits per heavy atom. The maximum atomic E-state index is 13.9. The average Bonchev–Trinajstić information content (AvgIpc) is 2.78. The van der Waals surface area contributed by atoms with E-state index in [4.69, 9.17) is 33.7 Å². The van der Waals surface area contributed by atoms with Crippen LogP contribution in [0.2, 0.25) is 10.0 Å². The van der Waals surface area contributed by atoms with Crippen LogP contribution in [0.15, 0.2) is 48.7 Å². The van der Waals surface area contributed by atoms with E-state index in [1.54, 1.807) is 50.4 Å². The van der Waals surface area contributed by atoms with Gasteiger partial charge in [0.15, 0.2) is 11.6 Å². The highest BCUT2D eigenvalue weighted by Crippen LogP contribution is 2.37. The van der Waals surface area contributed by atoms with Crippen LogP contribution in [0.3, 0.4) is 0 Å². The molecule has 0 radical (unpaired) electrons. The standard InChI is InChI=1S/C24H24Cl2FN3O3/c1-13(31)9-10-29-24(32)16-5-3-15(4-6-16)17-11-20(23(28)30-12-17)33-14(2)21-18(25)7-8-19(27)22(21)26/h3-8,11-14,31H,9-10H2,1-2H3,(H2,28,30)(H,29,32). The number of halogens is 3. The lowest BCUT2D eigenvalue weighted by atomic mass is 10.0. The summed E-state index contributed by atoms with van der Waals surface area (Å²) in [6.45, 7) is 3.74. The third-order valence-electron chi connectivity index (χ3n) is 5.00. The van der Waals surface area contributed by atoms with Crippen LogP contribution in [0.1, 0.15) is 42.3 Å². The lowest BCUT2D eigenvalue weighted by Crippen LogP contribution is -2.26. The van der Waals surface area contributed by atoms with Gasteiger partial charge in [-0.15, -0.1) is 0 Å². The van der Waals surface area contributed by atoms with E-state index in [2.05, 4.69) is 10.3 Å². The van der Waals surface area contributed by atoms with E-state index >= 15 is 0 Å². The summed E-state index contributed by atoms with van der Waals surface area (Å²) in [6.07, 6.45) is 0.909. The van der Waals surface area contributed by atoms with Gasteiger partial charge in [-0.2, -0.15) is 0 Å². The second-order valence-electron chi connectivity index (χ2n) is 7.60. The van der Waals surface area contributed by atoms with Gasteiger partial charge in [-0.3, -0.25) is 4.79 Å². The highest BCUT2D eigenvalue weighted by atomic mass is 35.5. The van der Waals surface area contributed by atoms with Crippen LogP contribution < -0.4 is 15.8 Å². The Labute approximate surface area is 201 Å². The maximum Gasteiger partial charge on any atom is 0.251 e. The molecule has 1 heterocycles. The molecule has 1 aromatic heterocycles. The summed E-state index contributed by atoms with van der Waals surface area (Å²) in [7, 11) is 0. The summed E-state index contributed by atoms with van der Waals surface area (Å²) in [5.74, 6) is -0.375. The number of carbonyl (C=O) groups excluding carboxylic acids is 1. The molecule has 0 aliphatic carbocycles. The molecule has 2 atom stereocenters. The van der Waals surface area contributed by atoms with Gasteiger partial charge in [0.1, 0.15) is 11.9 Å². The predicted molar refractivity (Wildman–Crippen MR) is 128 cm³/mol. The van der Waals surface area contributed by atoms with Crippen LogP contribution >= 0.6 is 23.2 Å². The van der Waals surface area contributed by atoms with Crippen LogP contribution in [-0.4, -0.2) is 28.6 Å². The lowest BCUT2D eigenvalue weighted by molar-refractivity contribution is 0.0945. The zero-order valence-electron chi connectivity index (χ0n) is 18.1. The Kier molecular flexibility index (Phi) is 8.13. The predicted octanol–water partition coefficient (Wildman–Crippen LogP) is 5.42. The van der Waals surface area contributed by atoms with Gasteiger partial charge >= 0.3 is 0 Å². The Morgan fingerprint density at radius 2 is 1.88 bits per heavy atom. The summed E-state index contributed by atoms with van der Waals surface area (Å²) in [5, 5.41) is 12.2. The van der Waals surface area contributed by atoms with E-state index < -0.39 is 18.0 Å². The molecule has 4 N–H and O–H groups in total. The third-order valence-corrected chi connectivity index (χ3v) is 5.71. The lowest BCUT2D eigenvalue weighted by Gasteiger charge is -2.19. The Balaban J connectivity index is 1.78. The molecular weight excluding hydrogens is 468 g/mol. The van der Waals surface area contributed by atoms with Crippen LogP contribution in [0.5, 0.6) is 5.75 Å². The minimum absolute atomic E-state index is 0.111. The Morgan fingerprint density at radius 1 is 1.18 bits per heavy atom. The molecule has 0 fully saturated rings. The first-order chi connectivity index (χ1) is 15.7. The number of aromatic nitrogens is 1. The number of aliphatic hydroxyl groups excluding tert-OH is 1. The van der Waals surface area contributed by atoms with E-state index in [1.165, 1.54) is 12.1 Å². The number of nitrogens with two attached hydrogens (primary N) is 1. The largest absolute Gasteiger partial charge is 0.482 e. The van der Waals surface area contributed by atoms with E-state index in [9.17, 15) is 14.3 Å². The minimum Gasteiger partial charge on any atom is -0.482 e. The first-order valence-electron chi connectivity index (χ1n) is 10.3. The normalized spacial score (nSPS) is 12.8. The van der Waals surface area contributed by atoms with E-state index in [-0.39, 0.29) is 27.5 Å². The van der Waals surface area contributed by atoms with Crippen molar-refractivity contribution in [3.63, 3.8) is 0 Å². The summed E-state index contributed by atoms with van der Waals surface area (Å²) >= 11 is 12.3. The number of carbonyl (C=O) groups is 1. The van der Waals surface area contributed by atoms with Gasteiger partial charge in [0.25, 0.3) is 5.91 Å². The maximum absolute atomic E-state index is 13.9. The fourth-order valence-corrected chi connectivity index (χ4v) is 3.86. The molecule has 174 valence electrons. The van der Waals surface area contributed by atoms with Gasteiger partial charge in [0.05, 0.1) is 11.1 Å². The molecule has 33 heavy (non-hydrogen) atoms. The Hall–Kier alpha value is -2.87. The smallest absolute Gasteiger partial charge is 0.251 e. The molecule has 2 aromatic carbocycles. The molecule has 0 spiro atoms. The number of nitrogen functional groups attached to an aromatic ring is 1. The molecular formula is C24H24Cl2FN3O3. The zero-order chi connectivity index (χ0) is 24.1. The number of pyridine rings is 1. The minimum atomic E-state index is -0.687. The van der Waals surface area contributed by atoms with E-state index in [0.29, 0.717) is 29.7 Å². The van der Waals surface area contributed by atoms with Gasteiger partial charge in [-0.25, -0.2) is 9.37 Å². The first-order valence-corrected chi connectivity index (χ1v) is 11.0.